The lowest BCUT2D eigenvalue weighted by Gasteiger charge is -2.06. The molecule has 20 heavy (non-hydrogen) atoms. The number of carboxylic acids is 1. The molecule has 2 rings (SSSR count). The summed E-state index contributed by atoms with van der Waals surface area (Å²) in [6.45, 7) is 0. The second-order valence-electron chi connectivity index (χ2n) is 3.80. The summed E-state index contributed by atoms with van der Waals surface area (Å²) in [6.07, 6.45) is 0. The molecule has 0 saturated heterocycles. The molecule has 7 heteroatoms. The Labute approximate surface area is 127 Å². The van der Waals surface area contributed by atoms with Gasteiger partial charge in [-0.2, -0.15) is 0 Å². The number of nitrogens with zero attached hydrogens (tertiary/aromatic N) is 1. The Morgan fingerprint density at radius 3 is 2.50 bits per heavy atom. The van der Waals surface area contributed by atoms with Crippen LogP contribution in [-0.4, -0.2) is 16.0 Å². The van der Waals surface area contributed by atoms with E-state index in [0.717, 1.165) is 15.7 Å². The average Bonchev–Trinajstić information content (AvgIpc) is 2.38. The first-order valence-electron chi connectivity index (χ1n) is 5.42. The number of nitro benzene ring substituents is 1. The monoisotopic (exact) mass is 385 g/mol. The molecular weight excluding hydrogens is 377 g/mol. The summed E-state index contributed by atoms with van der Waals surface area (Å²) in [5.41, 5.74) is -0.870. The molecule has 0 saturated carbocycles. The zero-order valence-electron chi connectivity index (χ0n) is 9.95. The molecule has 0 radical (unpaired) electrons. The highest BCUT2D eigenvalue weighted by molar-refractivity contribution is 14.1. The van der Waals surface area contributed by atoms with E-state index in [9.17, 15) is 14.9 Å². The zero-order valence-corrected chi connectivity index (χ0v) is 12.1. The lowest BCUT2D eigenvalue weighted by atomic mass is 10.2. The molecule has 0 amide bonds. The summed E-state index contributed by atoms with van der Waals surface area (Å²) in [5, 5.41) is 19.8. The molecule has 2 aromatic carbocycles. The fourth-order valence-electron chi connectivity index (χ4n) is 1.57. The number of hydrogen-bond donors (Lipinski definition) is 1. The van der Waals surface area contributed by atoms with Gasteiger partial charge in [-0.25, -0.2) is 4.79 Å². The molecule has 0 fully saturated rings. The smallest absolute Gasteiger partial charge is 0.342 e. The number of nitro groups is 1. The third kappa shape index (κ3) is 3.23. The van der Waals surface area contributed by atoms with Crippen LogP contribution in [0.3, 0.4) is 0 Å². The van der Waals surface area contributed by atoms with Gasteiger partial charge in [0.25, 0.3) is 5.69 Å². The molecule has 0 spiro atoms. The minimum absolute atomic E-state index is 0.212. The van der Waals surface area contributed by atoms with Crippen LogP contribution in [-0.2, 0) is 0 Å². The van der Waals surface area contributed by atoms with E-state index in [0.29, 0.717) is 5.75 Å². The maximum Gasteiger partial charge on any atom is 0.342 e. The number of carboxylic acid groups (broad SMARTS) is 1. The molecule has 1 N–H and O–H groups in total. The van der Waals surface area contributed by atoms with Crippen molar-refractivity contribution in [1.82, 2.24) is 0 Å². The maximum absolute atomic E-state index is 10.9. The van der Waals surface area contributed by atoms with Gasteiger partial charge in [0.05, 0.1) is 11.0 Å². The molecule has 102 valence electrons. The second-order valence-corrected chi connectivity index (χ2v) is 5.05. The van der Waals surface area contributed by atoms with Crippen LogP contribution < -0.4 is 4.74 Å². The van der Waals surface area contributed by atoms with Gasteiger partial charge in [0.1, 0.15) is 17.1 Å². The van der Waals surface area contributed by atoms with E-state index in [2.05, 4.69) is 22.6 Å². The van der Waals surface area contributed by atoms with E-state index >= 15 is 0 Å². The molecule has 0 aromatic heterocycles. The third-order valence-corrected chi connectivity index (χ3v) is 3.10. The minimum Gasteiger partial charge on any atom is -0.477 e. The fourth-order valence-corrected chi connectivity index (χ4v) is 2.09. The van der Waals surface area contributed by atoms with Crippen molar-refractivity contribution in [1.29, 1.82) is 0 Å². The Balaban J connectivity index is 2.36. The second kappa shape index (κ2) is 5.87. The predicted molar refractivity (Wildman–Crippen MR) is 79.3 cm³/mol. The standard InChI is InChI=1S/C13H8INO5/c14-8-2-1-3-9(6-8)20-10-4-5-11(13(16)17)12(7-10)15(18)19/h1-7H,(H,16,17). The number of halogens is 1. The number of rotatable bonds is 4. The first-order chi connectivity index (χ1) is 9.47. The summed E-state index contributed by atoms with van der Waals surface area (Å²) in [4.78, 5) is 21.0. The molecule has 6 nitrogen and oxygen atoms in total. The van der Waals surface area contributed by atoms with Gasteiger partial charge in [-0.15, -0.1) is 0 Å². The number of hydrogen-bond acceptors (Lipinski definition) is 4. The molecule has 0 heterocycles. The van der Waals surface area contributed by atoms with Crippen LogP contribution >= 0.6 is 22.6 Å². The van der Waals surface area contributed by atoms with E-state index in [4.69, 9.17) is 9.84 Å². The van der Waals surface area contributed by atoms with Crippen molar-refractivity contribution in [3.8, 4) is 11.5 Å². The lowest BCUT2D eigenvalue weighted by Crippen LogP contribution is -2.02. The zero-order chi connectivity index (χ0) is 14.7. The van der Waals surface area contributed by atoms with E-state index in [1.807, 2.05) is 6.07 Å². The van der Waals surface area contributed by atoms with Gasteiger partial charge in [0.15, 0.2) is 0 Å². The minimum atomic E-state index is -1.35. The quantitative estimate of drug-likeness (QED) is 0.493. The van der Waals surface area contributed by atoms with Crippen molar-refractivity contribution < 1.29 is 19.6 Å². The van der Waals surface area contributed by atoms with Gasteiger partial charge in [0.2, 0.25) is 0 Å². The summed E-state index contributed by atoms with van der Waals surface area (Å²) in [6, 6.07) is 10.8. The largest absolute Gasteiger partial charge is 0.477 e. The third-order valence-electron chi connectivity index (χ3n) is 2.43. The molecule has 2 aromatic rings. The van der Waals surface area contributed by atoms with Gasteiger partial charge in [-0.3, -0.25) is 10.1 Å². The van der Waals surface area contributed by atoms with Crippen molar-refractivity contribution in [2.24, 2.45) is 0 Å². The van der Waals surface area contributed by atoms with Crippen molar-refractivity contribution in [2.45, 2.75) is 0 Å². The maximum atomic E-state index is 10.9. The molecular formula is C13H8INO5. The molecule has 0 aliphatic heterocycles. The predicted octanol–water partition coefficient (Wildman–Crippen LogP) is 3.69. The van der Waals surface area contributed by atoms with Gasteiger partial charge >= 0.3 is 5.97 Å². The normalized spacial score (nSPS) is 10.1. The Morgan fingerprint density at radius 2 is 1.90 bits per heavy atom. The van der Waals surface area contributed by atoms with Crippen LogP contribution in [0.15, 0.2) is 42.5 Å². The fraction of sp³-hybridized carbons (Fsp3) is 0. The van der Waals surface area contributed by atoms with Crippen LogP contribution in [0.1, 0.15) is 10.4 Å². The average molecular weight is 385 g/mol. The van der Waals surface area contributed by atoms with E-state index in [-0.39, 0.29) is 11.3 Å². The molecule has 0 bridgehead atoms. The highest BCUT2D eigenvalue weighted by Gasteiger charge is 2.20. The van der Waals surface area contributed by atoms with Crippen LogP contribution in [0, 0.1) is 13.7 Å². The molecule has 0 unspecified atom stereocenters. The number of aromatic carboxylic acids is 1. The first kappa shape index (κ1) is 14.3. The van der Waals surface area contributed by atoms with Crippen LogP contribution in [0.4, 0.5) is 5.69 Å². The molecule has 0 atom stereocenters. The first-order valence-corrected chi connectivity index (χ1v) is 6.50. The lowest BCUT2D eigenvalue weighted by molar-refractivity contribution is -0.385. The number of benzene rings is 2. The van der Waals surface area contributed by atoms with Crippen molar-refractivity contribution in [3.05, 3.63) is 61.7 Å². The van der Waals surface area contributed by atoms with Gasteiger partial charge < -0.3 is 9.84 Å². The van der Waals surface area contributed by atoms with Crippen molar-refractivity contribution in [3.63, 3.8) is 0 Å². The summed E-state index contributed by atoms with van der Waals surface area (Å²) < 4.78 is 6.44. The SMILES string of the molecule is O=C(O)c1ccc(Oc2cccc(I)c2)cc1[N+](=O)[O-]. The summed E-state index contributed by atoms with van der Waals surface area (Å²) in [7, 11) is 0. The Hall–Kier alpha value is -2.16. The number of ether oxygens (including phenoxy) is 1. The van der Waals surface area contributed by atoms with Crippen LogP contribution in [0.2, 0.25) is 0 Å². The highest BCUT2D eigenvalue weighted by Crippen LogP contribution is 2.28. The topological polar surface area (TPSA) is 89.7 Å². The summed E-state index contributed by atoms with van der Waals surface area (Å²) in [5.74, 6) is -0.615. The highest BCUT2D eigenvalue weighted by atomic mass is 127. The summed E-state index contributed by atoms with van der Waals surface area (Å²) >= 11 is 2.11. The van der Waals surface area contributed by atoms with Gasteiger partial charge in [0, 0.05) is 3.57 Å². The van der Waals surface area contributed by atoms with E-state index < -0.39 is 16.6 Å². The van der Waals surface area contributed by atoms with E-state index in [1.54, 1.807) is 18.2 Å². The Kier molecular flexibility index (Phi) is 4.18. The Bertz CT molecular complexity index is 686. The molecule has 0 aliphatic carbocycles. The van der Waals surface area contributed by atoms with E-state index in [1.165, 1.54) is 6.07 Å². The van der Waals surface area contributed by atoms with Gasteiger partial charge in [-0.05, 0) is 52.9 Å². The van der Waals surface area contributed by atoms with Gasteiger partial charge in [-0.1, -0.05) is 6.07 Å². The molecule has 0 aliphatic rings. The van der Waals surface area contributed by atoms with Crippen molar-refractivity contribution >= 4 is 34.2 Å². The van der Waals surface area contributed by atoms with Crippen LogP contribution in [0.25, 0.3) is 0 Å². The van der Waals surface area contributed by atoms with Crippen LogP contribution in [0.5, 0.6) is 11.5 Å². The Morgan fingerprint density at radius 1 is 1.20 bits per heavy atom. The van der Waals surface area contributed by atoms with Crippen molar-refractivity contribution in [2.75, 3.05) is 0 Å². The number of carbonyl (C=O) groups is 1.